The largest absolute Gasteiger partial charge is 0.480 e. The molecule has 6 rings (SSSR count). The lowest BCUT2D eigenvalue weighted by molar-refractivity contribution is -0.137. The third-order valence-corrected chi connectivity index (χ3v) is 7.89. The number of benzene rings is 3. The van der Waals surface area contributed by atoms with Gasteiger partial charge in [0.25, 0.3) is 17.7 Å². The van der Waals surface area contributed by atoms with Crippen molar-refractivity contribution in [2.75, 3.05) is 22.1 Å². The highest BCUT2D eigenvalue weighted by molar-refractivity contribution is 6.34. The Balaban J connectivity index is 1.13. The highest BCUT2D eigenvalue weighted by atomic mass is 35.5. The number of hydrogen-bond donors (Lipinski definition) is 3. The molecule has 4 aromatic rings. The molecule has 4 N–H and O–H groups in total. The van der Waals surface area contributed by atoms with Crippen molar-refractivity contribution in [2.24, 2.45) is 11.7 Å². The van der Waals surface area contributed by atoms with Crippen LogP contribution in [0.25, 0.3) is 0 Å². The van der Waals surface area contributed by atoms with E-state index in [-0.39, 0.29) is 40.2 Å². The van der Waals surface area contributed by atoms with Crippen LogP contribution < -0.4 is 26.0 Å². The monoisotopic (exact) mass is 650 g/mol. The van der Waals surface area contributed by atoms with Crippen LogP contribution in [0.1, 0.15) is 44.8 Å². The number of carbonyl (C=O) groups excluding carboxylic acids is 3. The van der Waals surface area contributed by atoms with Crippen molar-refractivity contribution >= 4 is 52.3 Å². The van der Waals surface area contributed by atoms with E-state index in [1.165, 1.54) is 35.4 Å². The Morgan fingerprint density at radius 2 is 1.78 bits per heavy atom. The standard InChI is InChI=1S/C32H26ClF3N6O4/c33-24-11-8-21(39-29(44)18-2-1-3-19(14-18)32(34,35)36)15-26(24)42-13-12-25-23(30(42)45)16-38-31(41-25)40-20-6-9-22(10-7-20)46-27(28(37)43)17-4-5-17/h1-3,6-11,14-17,27H,4-5,12-13H2,(H2,37,43)(H,39,44)(H,38,40,41). The molecule has 1 aliphatic heterocycles. The second-order valence-electron chi connectivity index (χ2n) is 10.9. The van der Waals surface area contributed by atoms with Crippen molar-refractivity contribution in [3.63, 3.8) is 0 Å². The van der Waals surface area contributed by atoms with Gasteiger partial charge in [-0.1, -0.05) is 17.7 Å². The number of anilines is 4. The molecule has 1 saturated carbocycles. The van der Waals surface area contributed by atoms with Crippen LogP contribution in [0, 0.1) is 5.92 Å². The second-order valence-corrected chi connectivity index (χ2v) is 11.3. The van der Waals surface area contributed by atoms with Gasteiger partial charge in [-0.2, -0.15) is 13.2 Å². The molecule has 46 heavy (non-hydrogen) atoms. The molecule has 3 amide bonds. The van der Waals surface area contributed by atoms with Gasteiger partial charge in [0.05, 0.1) is 27.5 Å². The van der Waals surface area contributed by atoms with Gasteiger partial charge in [0.2, 0.25) is 5.95 Å². The van der Waals surface area contributed by atoms with E-state index in [0.29, 0.717) is 29.2 Å². The average molecular weight is 651 g/mol. The first-order valence-corrected chi connectivity index (χ1v) is 14.6. The zero-order valence-electron chi connectivity index (χ0n) is 24.0. The zero-order chi connectivity index (χ0) is 32.6. The van der Waals surface area contributed by atoms with E-state index in [9.17, 15) is 27.6 Å². The molecule has 10 nitrogen and oxygen atoms in total. The molecule has 236 valence electrons. The van der Waals surface area contributed by atoms with E-state index in [4.69, 9.17) is 22.1 Å². The first-order chi connectivity index (χ1) is 22.0. The lowest BCUT2D eigenvalue weighted by Gasteiger charge is -2.29. The topological polar surface area (TPSA) is 140 Å². The summed E-state index contributed by atoms with van der Waals surface area (Å²) in [4.78, 5) is 48.1. The Morgan fingerprint density at radius 1 is 1.04 bits per heavy atom. The van der Waals surface area contributed by atoms with E-state index >= 15 is 0 Å². The minimum atomic E-state index is -4.59. The third kappa shape index (κ3) is 6.74. The van der Waals surface area contributed by atoms with Gasteiger partial charge in [-0.3, -0.25) is 14.4 Å². The summed E-state index contributed by atoms with van der Waals surface area (Å²) in [5, 5.41) is 5.90. The summed E-state index contributed by atoms with van der Waals surface area (Å²) < 4.78 is 45.1. The Labute approximate surface area is 265 Å². The first-order valence-electron chi connectivity index (χ1n) is 14.3. The number of alkyl halides is 3. The Bertz CT molecular complexity index is 1830. The normalized spacial score (nSPS) is 15.1. The summed E-state index contributed by atoms with van der Waals surface area (Å²) in [6, 6.07) is 15.4. The molecule has 14 heteroatoms. The van der Waals surface area contributed by atoms with Crippen LogP contribution in [0.4, 0.5) is 36.2 Å². The van der Waals surface area contributed by atoms with Crippen LogP contribution >= 0.6 is 11.6 Å². The predicted octanol–water partition coefficient (Wildman–Crippen LogP) is 5.99. The van der Waals surface area contributed by atoms with Crippen LogP contribution in [0.5, 0.6) is 5.75 Å². The van der Waals surface area contributed by atoms with Crippen LogP contribution in [0.3, 0.4) is 0 Å². The van der Waals surface area contributed by atoms with E-state index < -0.39 is 35.6 Å². The molecule has 1 unspecified atom stereocenters. The third-order valence-electron chi connectivity index (χ3n) is 7.57. The Morgan fingerprint density at radius 3 is 2.48 bits per heavy atom. The quantitative estimate of drug-likeness (QED) is 0.202. The fourth-order valence-electron chi connectivity index (χ4n) is 5.06. The summed E-state index contributed by atoms with van der Waals surface area (Å²) in [7, 11) is 0. The number of fused-ring (bicyclic) bond motifs is 1. The number of carbonyl (C=O) groups is 3. The molecule has 1 aromatic heterocycles. The number of aromatic nitrogens is 2. The molecule has 0 bridgehead atoms. The van der Waals surface area contributed by atoms with Gasteiger partial charge in [-0.15, -0.1) is 0 Å². The number of halogens is 4. The van der Waals surface area contributed by atoms with Crippen LogP contribution in [-0.4, -0.2) is 40.3 Å². The van der Waals surface area contributed by atoms with Crippen molar-refractivity contribution < 1.29 is 32.3 Å². The van der Waals surface area contributed by atoms with E-state index in [1.54, 1.807) is 24.3 Å². The number of primary amides is 1. The van der Waals surface area contributed by atoms with Crippen molar-refractivity contribution in [2.45, 2.75) is 31.5 Å². The van der Waals surface area contributed by atoms with Gasteiger partial charge in [0.15, 0.2) is 6.10 Å². The maximum absolute atomic E-state index is 13.5. The van der Waals surface area contributed by atoms with Gasteiger partial charge < -0.3 is 26.0 Å². The van der Waals surface area contributed by atoms with Crippen molar-refractivity contribution in [3.8, 4) is 5.75 Å². The molecule has 1 atom stereocenters. The molecule has 0 spiro atoms. The molecular weight excluding hydrogens is 625 g/mol. The van der Waals surface area contributed by atoms with Crippen molar-refractivity contribution in [1.29, 1.82) is 0 Å². The average Bonchev–Trinajstić information content (AvgIpc) is 3.87. The predicted molar refractivity (Wildman–Crippen MR) is 164 cm³/mol. The minimum absolute atomic E-state index is 0.150. The first kappa shape index (κ1) is 30.8. The smallest absolute Gasteiger partial charge is 0.416 e. The van der Waals surface area contributed by atoms with E-state index in [1.807, 2.05) is 0 Å². The number of ether oxygens (including phenoxy) is 1. The fraction of sp³-hybridized carbons (Fsp3) is 0.219. The summed E-state index contributed by atoms with van der Waals surface area (Å²) in [6.07, 6.45) is -1.64. The SMILES string of the molecule is NC(=O)C(Oc1ccc(Nc2ncc3c(n2)CCN(c2cc(NC(=O)c4cccc(C(F)(F)F)c4)ccc2Cl)C3=O)cc1)C1CC1. The fourth-order valence-corrected chi connectivity index (χ4v) is 5.28. The maximum atomic E-state index is 13.5. The number of nitrogens with two attached hydrogens (primary N) is 1. The van der Waals surface area contributed by atoms with Crippen LogP contribution in [0.2, 0.25) is 5.02 Å². The minimum Gasteiger partial charge on any atom is -0.480 e. The molecule has 3 aromatic carbocycles. The van der Waals surface area contributed by atoms with Gasteiger partial charge >= 0.3 is 6.18 Å². The van der Waals surface area contributed by atoms with E-state index in [2.05, 4.69) is 20.6 Å². The summed E-state index contributed by atoms with van der Waals surface area (Å²) >= 11 is 6.43. The molecule has 0 radical (unpaired) electrons. The van der Waals surface area contributed by atoms with Crippen molar-refractivity contribution in [1.82, 2.24) is 9.97 Å². The van der Waals surface area contributed by atoms with Gasteiger partial charge in [0, 0.05) is 42.0 Å². The van der Waals surface area contributed by atoms with Gasteiger partial charge in [-0.05, 0) is 73.5 Å². The Hall–Kier alpha value is -5.17. The molecule has 1 fully saturated rings. The lowest BCUT2D eigenvalue weighted by atomic mass is 10.1. The zero-order valence-corrected chi connectivity index (χ0v) is 24.7. The summed E-state index contributed by atoms with van der Waals surface area (Å²) in [5.41, 5.74) is 6.35. The van der Waals surface area contributed by atoms with E-state index in [0.717, 1.165) is 31.0 Å². The number of rotatable bonds is 9. The van der Waals surface area contributed by atoms with Gasteiger partial charge in [0.1, 0.15) is 5.75 Å². The highest BCUT2D eigenvalue weighted by Gasteiger charge is 2.37. The number of nitrogens with zero attached hydrogens (tertiary/aromatic N) is 3. The molecule has 0 saturated heterocycles. The number of amides is 3. The second kappa shape index (κ2) is 12.3. The summed E-state index contributed by atoms with van der Waals surface area (Å²) in [5.74, 6) is -0.710. The molecular formula is C32H26ClF3N6O4. The summed E-state index contributed by atoms with van der Waals surface area (Å²) in [6.45, 7) is 0.223. The van der Waals surface area contributed by atoms with Crippen LogP contribution in [-0.2, 0) is 17.4 Å². The maximum Gasteiger partial charge on any atom is 0.416 e. The number of hydrogen-bond acceptors (Lipinski definition) is 7. The van der Waals surface area contributed by atoms with Crippen LogP contribution in [0.15, 0.2) is 72.9 Å². The number of nitrogens with one attached hydrogen (secondary N) is 2. The molecule has 2 heterocycles. The molecule has 2 aliphatic rings. The van der Waals surface area contributed by atoms with Gasteiger partial charge in [-0.25, -0.2) is 9.97 Å². The van der Waals surface area contributed by atoms with Crippen molar-refractivity contribution in [3.05, 3.63) is 100 Å². The highest BCUT2D eigenvalue weighted by Crippen LogP contribution is 2.36. The lowest BCUT2D eigenvalue weighted by Crippen LogP contribution is -2.38. The Kier molecular flexibility index (Phi) is 8.26. The molecule has 1 aliphatic carbocycles.